The van der Waals surface area contributed by atoms with Gasteiger partial charge in [-0.1, -0.05) is 6.92 Å². The Hall–Kier alpha value is -1.12. The molecular weight excluding hydrogens is 128 g/mol. The molecule has 3 heteroatoms. The van der Waals surface area contributed by atoms with E-state index in [9.17, 15) is 4.79 Å². The van der Waals surface area contributed by atoms with Crippen LogP contribution in [0.15, 0.2) is 6.33 Å². The van der Waals surface area contributed by atoms with E-state index >= 15 is 0 Å². The van der Waals surface area contributed by atoms with Crippen molar-refractivity contribution < 1.29 is 4.79 Å². The third-order valence-electron chi connectivity index (χ3n) is 1.51. The van der Waals surface area contributed by atoms with Gasteiger partial charge >= 0.3 is 0 Å². The number of nitrogens with zero attached hydrogens (tertiary/aromatic N) is 2. The zero-order chi connectivity index (χ0) is 7.56. The second-order valence-corrected chi connectivity index (χ2v) is 2.16. The molecule has 0 saturated heterocycles. The Labute approximate surface area is 59.7 Å². The molecule has 0 aliphatic heterocycles. The van der Waals surface area contributed by atoms with E-state index in [-0.39, 0.29) is 0 Å². The molecule has 0 amide bonds. The zero-order valence-corrected chi connectivity index (χ0v) is 6.16. The summed E-state index contributed by atoms with van der Waals surface area (Å²) in [5.41, 5.74) is 1.56. The lowest BCUT2D eigenvalue weighted by atomic mass is 10.3. The van der Waals surface area contributed by atoms with E-state index in [1.807, 2.05) is 14.0 Å². The van der Waals surface area contributed by atoms with E-state index in [1.165, 1.54) is 0 Å². The summed E-state index contributed by atoms with van der Waals surface area (Å²) in [5, 5.41) is 0. The van der Waals surface area contributed by atoms with Gasteiger partial charge in [0, 0.05) is 7.05 Å². The molecule has 0 aromatic carbocycles. The Morgan fingerprint density at radius 1 is 1.80 bits per heavy atom. The van der Waals surface area contributed by atoms with Crippen LogP contribution >= 0.6 is 0 Å². The molecule has 0 N–H and O–H groups in total. The summed E-state index contributed by atoms with van der Waals surface area (Å²) < 4.78 is 1.73. The largest absolute Gasteiger partial charge is 0.331 e. The molecule has 0 unspecified atom stereocenters. The molecule has 54 valence electrons. The van der Waals surface area contributed by atoms with E-state index in [4.69, 9.17) is 0 Å². The fraction of sp³-hybridized carbons (Fsp3) is 0.429. The number of aldehydes is 1. The van der Waals surface area contributed by atoms with Crippen molar-refractivity contribution in [3.63, 3.8) is 0 Å². The highest BCUT2D eigenvalue weighted by Crippen LogP contribution is 2.02. The second kappa shape index (κ2) is 2.64. The maximum Gasteiger partial charge on any atom is 0.168 e. The molecule has 0 radical (unpaired) electrons. The first-order valence-electron chi connectivity index (χ1n) is 3.25. The molecule has 3 nitrogen and oxygen atoms in total. The topological polar surface area (TPSA) is 34.9 Å². The molecule has 0 fully saturated rings. The first-order chi connectivity index (χ1) is 4.79. The number of aromatic nitrogens is 2. The van der Waals surface area contributed by atoms with Crippen molar-refractivity contribution >= 4 is 6.29 Å². The van der Waals surface area contributed by atoms with Crippen LogP contribution in [0.2, 0.25) is 0 Å². The average molecular weight is 138 g/mol. The van der Waals surface area contributed by atoms with Crippen molar-refractivity contribution in [2.24, 2.45) is 7.05 Å². The zero-order valence-electron chi connectivity index (χ0n) is 6.16. The average Bonchev–Trinajstić information content (AvgIpc) is 2.30. The maximum atomic E-state index is 10.4. The SMILES string of the molecule is CCc1ncn(C)c1C=O. The van der Waals surface area contributed by atoms with Gasteiger partial charge in [0.1, 0.15) is 5.69 Å². The lowest BCUT2D eigenvalue weighted by Crippen LogP contribution is -1.95. The minimum atomic E-state index is 0.683. The Balaban J connectivity index is 3.12. The standard InChI is InChI=1S/C7H10N2O/c1-3-6-7(4-10)9(2)5-8-6/h4-5H,3H2,1-2H3. The van der Waals surface area contributed by atoms with Crippen LogP contribution in [0.5, 0.6) is 0 Å². The first kappa shape index (κ1) is 6.99. The Morgan fingerprint density at radius 2 is 2.50 bits per heavy atom. The smallest absolute Gasteiger partial charge is 0.168 e. The summed E-state index contributed by atoms with van der Waals surface area (Å²) >= 11 is 0. The van der Waals surface area contributed by atoms with Crippen molar-refractivity contribution in [1.29, 1.82) is 0 Å². The molecule has 1 aromatic rings. The van der Waals surface area contributed by atoms with E-state index in [2.05, 4.69) is 4.98 Å². The molecule has 0 aliphatic rings. The molecule has 0 spiro atoms. The Morgan fingerprint density at radius 3 is 2.90 bits per heavy atom. The molecule has 1 heterocycles. The van der Waals surface area contributed by atoms with Crippen molar-refractivity contribution in [3.8, 4) is 0 Å². The van der Waals surface area contributed by atoms with Crippen molar-refractivity contribution in [3.05, 3.63) is 17.7 Å². The Bertz CT molecular complexity index is 240. The van der Waals surface area contributed by atoms with Crippen LogP contribution in [0.3, 0.4) is 0 Å². The monoisotopic (exact) mass is 138 g/mol. The summed E-state index contributed by atoms with van der Waals surface area (Å²) in [6.45, 7) is 1.98. The first-order valence-corrected chi connectivity index (χ1v) is 3.25. The quantitative estimate of drug-likeness (QED) is 0.566. The van der Waals surface area contributed by atoms with E-state index < -0.39 is 0 Å². The summed E-state index contributed by atoms with van der Waals surface area (Å²) in [4.78, 5) is 14.4. The number of hydrogen-bond donors (Lipinski definition) is 0. The maximum absolute atomic E-state index is 10.4. The van der Waals surface area contributed by atoms with Gasteiger partial charge in [0.05, 0.1) is 12.0 Å². The van der Waals surface area contributed by atoms with Crippen LogP contribution < -0.4 is 0 Å². The van der Waals surface area contributed by atoms with E-state index in [0.29, 0.717) is 5.69 Å². The molecule has 0 bridgehead atoms. The van der Waals surface area contributed by atoms with Gasteiger partial charge in [0.25, 0.3) is 0 Å². The second-order valence-electron chi connectivity index (χ2n) is 2.16. The van der Waals surface area contributed by atoms with Gasteiger partial charge in [0.15, 0.2) is 6.29 Å². The van der Waals surface area contributed by atoms with E-state index in [1.54, 1.807) is 10.9 Å². The van der Waals surface area contributed by atoms with Crippen LogP contribution in [-0.2, 0) is 13.5 Å². The van der Waals surface area contributed by atoms with E-state index in [0.717, 1.165) is 18.4 Å². The highest BCUT2D eigenvalue weighted by molar-refractivity contribution is 5.73. The minimum Gasteiger partial charge on any atom is -0.331 e. The minimum absolute atomic E-state index is 0.683. The molecule has 1 rings (SSSR count). The predicted molar refractivity (Wildman–Crippen MR) is 38.0 cm³/mol. The van der Waals surface area contributed by atoms with Crippen LogP contribution in [0.1, 0.15) is 23.1 Å². The Kier molecular flexibility index (Phi) is 1.85. The fourth-order valence-electron chi connectivity index (χ4n) is 0.912. The number of imidazole rings is 1. The van der Waals surface area contributed by atoms with Gasteiger partial charge in [-0.2, -0.15) is 0 Å². The number of rotatable bonds is 2. The number of hydrogen-bond acceptors (Lipinski definition) is 2. The van der Waals surface area contributed by atoms with Crippen LogP contribution in [0.25, 0.3) is 0 Å². The number of aryl methyl sites for hydroxylation is 2. The summed E-state index contributed by atoms with van der Waals surface area (Å²) in [5.74, 6) is 0. The van der Waals surface area contributed by atoms with Gasteiger partial charge in [-0.05, 0) is 6.42 Å². The van der Waals surface area contributed by atoms with Crippen LogP contribution in [-0.4, -0.2) is 15.8 Å². The molecular formula is C7H10N2O. The van der Waals surface area contributed by atoms with Gasteiger partial charge < -0.3 is 4.57 Å². The third kappa shape index (κ3) is 0.943. The summed E-state index contributed by atoms with van der Waals surface area (Å²) in [7, 11) is 1.82. The lowest BCUT2D eigenvalue weighted by molar-refractivity contribution is 0.111. The normalized spacial score (nSPS) is 9.80. The van der Waals surface area contributed by atoms with Crippen molar-refractivity contribution in [1.82, 2.24) is 9.55 Å². The molecule has 0 saturated carbocycles. The molecule has 10 heavy (non-hydrogen) atoms. The van der Waals surface area contributed by atoms with Gasteiger partial charge in [-0.15, -0.1) is 0 Å². The van der Waals surface area contributed by atoms with Crippen LogP contribution in [0.4, 0.5) is 0 Å². The van der Waals surface area contributed by atoms with Gasteiger partial charge in [-0.3, -0.25) is 4.79 Å². The molecule has 1 aromatic heterocycles. The van der Waals surface area contributed by atoms with Crippen molar-refractivity contribution in [2.45, 2.75) is 13.3 Å². The number of carbonyl (C=O) groups excluding carboxylic acids is 1. The summed E-state index contributed by atoms with van der Waals surface area (Å²) in [6, 6.07) is 0. The highest BCUT2D eigenvalue weighted by Gasteiger charge is 2.03. The van der Waals surface area contributed by atoms with Crippen LogP contribution in [0, 0.1) is 0 Å². The van der Waals surface area contributed by atoms with Gasteiger partial charge in [0.2, 0.25) is 0 Å². The fourth-order valence-corrected chi connectivity index (χ4v) is 0.912. The highest BCUT2D eigenvalue weighted by atomic mass is 16.1. The van der Waals surface area contributed by atoms with Crippen molar-refractivity contribution in [2.75, 3.05) is 0 Å². The summed E-state index contributed by atoms with van der Waals surface area (Å²) in [6.07, 6.45) is 3.31. The number of carbonyl (C=O) groups is 1. The molecule has 0 aliphatic carbocycles. The lowest BCUT2D eigenvalue weighted by Gasteiger charge is -1.92. The predicted octanol–water partition coefficient (Wildman–Crippen LogP) is 0.795. The third-order valence-corrected chi connectivity index (χ3v) is 1.51. The van der Waals surface area contributed by atoms with Gasteiger partial charge in [-0.25, -0.2) is 4.98 Å². The molecule has 0 atom stereocenters.